The molecule has 2 aliphatic rings. The molecule has 0 atom stereocenters. The van der Waals surface area contributed by atoms with E-state index in [2.05, 4.69) is 16.3 Å². The van der Waals surface area contributed by atoms with Gasteiger partial charge in [0.25, 0.3) is 0 Å². The molecule has 0 spiro atoms. The summed E-state index contributed by atoms with van der Waals surface area (Å²) in [6, 6.07) is 5.95. The third-order valence-electron chi connectivity index (χ3n) is 4.73. The fraction of sp³-hybridized carbons (Fsp3) is 0.647. The zero-order valence-corrected chi connectivity index (χ0v) is 12.2. The minimum Gasteiger partial charge on any atom is -0.314 e. The number of nitrogens with one attached hydrogen (secondary N) is 1. The van der Waals surface area contributed by atoms with E-state index in [9.17, 15) is 4.39 Å². The Kier molecular flexibility index (Phi) is 4.69. The molecule has 1 N–H and O–H groups in total. The molecule has 2 fully saturated rings. The summed E-state index contributed by atoms with van der Waals surface area (Å²) in [7, 11) is 0. The van der Waals surface area contributed by atoms with Gasteiger partial charge in [-0.2, -0.15) is 0 Å². The van der Waals surface area contributed by atoms with E-state index in [1.54, 1.807) is 6.07 Å². The van der Waals surface area contributed by atoms with E-state index in [0.29, 0.717) is 5.92 Å². The summed E-state index contributed by atoms with van der Waals surface area (Å²) in [6.45, 7) is 5.09. The lowest BCUT2D eigenvalue weighted by atomic mass is 9.83. The van der Waals surface area contributed by atoms with Crippen molar-refractivity contribution in [3.8, 4) is 0 Å². The van der Waals surface area contributed by atoms with E-state index in [0.717, 1.165) is 56.7 Å². The Labute approximate surface area is 121 Å². The van der Waals surface area contributed by atoms with Gasteiger partial charge in [-0.1, -0.05) is 31.4 Å². The summed E-state index contributed by atoms with van der Waals surface area (Å²) >= 11 is 0. The third kappa shape index (κ3) is 3.39. The molecule has 0 bridgehead atoms. The van der Waals surface area contributed by atoms with Crippen molar-refractivity contribution in [2.24, 2.45) is 0 Å². The van der Waals surface area contributed by atoms with Gasteiger partial charge in [0.1, 0.15) is 5.82 Å². The Bertz CT molecular complexity index is 435. The average Bonchev–Trinajstić information content (AvgIpc) is 2.49. The van der Waals surface area contributed by atoms with E-state index in [1.165, 1.54) is 19.3 Å². The van der Waals surface area contributed by atoms with Crippen LogP contribution in [0.15, 0.2) is 18.2 Å². The Morgan fingerprint density at radius 1 is 1.10 bits per heavy atom. The zero-order chi connectivity index (χ0) is 13.8. The summed E-state index contributed by atoms with van der Waals surface area (Å²) in [4.78, 5) is 2.39. The predicted molar refractivity (Wildman–Crippen MR) is 80.4 cm³/mol. The molecule has 0 amide bonds. The summed E-state index contributed by atoms with van der Waals surface area (Å²) in [5.74, 6) is 0.474. The lowest BCUT2D eigenvalue weighted by Gasteiger charge is -2.27. The first-order valence-electron chi connectivity index (χ1n) is 8.04. The number of hydrogen-bond acceptors (Lipinski definition) is 2. The second-order valence-corrected chi connectivity index (χ2v) is 6.22. The molecule has 0 unspecified atom stereocenters. The fourth-order valence-corrected chi connectivity index (χ4v) is 3.54. The molecule has 1 aliphatic heterocycles. The average molecular weight is 276 g/mol. The highest BCUT2D eigenvalue weighted by molar-refractivity contribution is 5.27. The van der Waals surface area contributed by atoms with Crippen LogP contribution in [0.3, 0.4) is 0 Å². The number of hydrogen-bond donors (Lipinski definition) is 1. The molecule has 110 valence electrons. The van der Waals surface area contributed by atoms with Crippen molar-refractivity contribution in [3.63, 3.8) is 0 Å². The van der Waals surface area contributed by atoms with E-state index < -0.39 is 0 Å². The lowest BCUT2D eigenvalue weighted by molar-refractivity contribution is 0.233. The minimum atomic E-state index is 0.0181. The molecule has 1 aliphatic carbocycles. The minimum absolute atomic E-state index is 0.0181. The summed E-state index contributed by atoms with van der Waals surface area (Å²) in [5.41, 5.74) is 2.07. The van der Waals surface area contributed by atoms with Gasteiger partial charge in [-0.3, -0.25) is 4.90 Å². The van der Waals surface area contributed by atoms with Gasteiger partial charge in [0.2, 0.25) is 0 Å². The number of nitrogens with zero attached hydrogens (tertiary/aromatic N) is 1. The number of piperazine rings is 1. The van der Waals surface area contributed by atoms with Gasteiger partial charge in [-0.05, 0) is 36.0 Å². The van der Waals surface area contributed by atoms with Crippen molar-refractivity contribution < 1.29 is 4.39 Å². The first-order valence-corrected chi connectivity index (χ1v) is 8.04. The Balaban J connectivity index is 1.66. The van der Waals surface area contributed by atoms with Crippen LogP contribution in [0.1, 0.15) is 49.1 Å². The van der Waals surface area contributed by atoms with Crippen LogP contribution >= 0.6 is 0 Å². The summed E-state index contributed by atoms with van der Waals surface area (Å²) < 4.78 is 14.4. The van der Waals surface area contributed by atoms with Crippen LogP contribution < -0.4 is 5.32 Å². The molecule has 0 radical (unpaired) electrons. The van der Waals surface area contributed by atoms with Crippen LogP contribution in [0.25, 0.3) is 0 Å². The predicted octanol–water partition coefficient (Wildman–Crippen LogP) is 3.28. The van der Waals surface area contributed by atoms with Gasteiger partial charge in [0, 0.05) is 32.7 Å². The van der Waals surface area contributed by atoms with Gasteiger partial charge in [0.05, 0.1) is 0 Å². The molecule has 2 nitrogen and oxygen atoms in total. The standard InChI is InChI=1S/C17H25FN2/c18-17-12-14(13-20-10-8-19-9-11-20)6-7-16(17)15-4-2-1-3-5-15/h6-7,12,15,19H,1-5,8-11,13H2. The second-order valence-electron chi connectivity index (χ2n) is 6.22. The Morgan fingerprint density at radius 3 is 2.55 bits per heavy atom. The maximum Gasteiger partial charge on any atom is 0.127 e. The molecule has 1 aromatic carbocycles. The van der Waals surface area contributed by atoms with E-state index in [4.69, 9.17) is 0 Å². The van der Waals surface area contributed by atoms with Crippen molar-refractivity contribution >= 4 is 0 Å². The van der Waals surface area contributed by atoms with Crippen LogP contribution in [0, 0.1) is 5.82 Å². The maximum atomic E-state index is 14.4. The van der Waals surface area contributed by atoms with Crippen molar-refractivity contribution in [3.05, 3.63) is 35.1 Å². The second kappa shape index (κ2) is 6.68. The molecule has 0 aromatic heterocycles. The molecule has 1 saturated carbocycles. The fourth-order valence-electron chi connectivity index (χ4n) is 3.54. The highest BCUT2D eigenvalue weighted by Gasteiger charge is 2.19. The van der Waals surface area contributed by atoms with Gasteiger partial charge in [0.15, 0.2) is 0 Å². The molecule has 3 heteroatoms. The number of halogens is 1. The first kappa shape index (κ1) is 14.0. The quantitative estimate of drug-likeness (QED) is 0.911. The van der Waals surface area contributed by atoms with Crippen LogP contribution in [0.4, 0.5) is 4.39 Å². The summed E-state index contributed by atoms with van der Waals surface area (Å²) in [6.07, 6.45) is 6.15. The maximum absolute atomic E-state index is 14.4. The molecule has 3 rings (SSSR count). The van der Waals surface area contributed by atoms with E-state index >= 15 is 0 Å². The van der Waals surface area contributed by atoms with Gasteiger partial charge < -0.3 is 5.32 Å². The lowest BCUT2D eigenvalue weighted by Crippen LogP contribution is -2.42. The Morgan fingerprint density at radius 2 is 1.85 bits per heavy atom. The zero-order valence-electron chi connectivity index (χ0n) is 12.2. The smallest absolute Gasteiger partial charge is 0.127 e. The molecule has 1 heterocycles. The summed E-state index contributed by atoms with van der Waals surface area (Å²) in [5, 5.41) is 3.35. The van der Waals surface area contributed by atoms with Crippen molar-refractivity contribution in [1.29, 1.82) is 0 Å². The van der Waals surface area contributed by atoms with Crippen LogP contribution in [-0.2, 0) is 6.54 Å². The van der Waals surface area contributed by atoms with Crippen molar-refractivity contribution in [2.75, 3.05) is 26.2 Å². The van der Waals surface area contributed by atoms with Crippen LogP contribution in [0.5, 0.6) is 0 Å². The number of rotatable bonds is 3. The molecule has 20 heavy (non-hydrogen) atoms. The monoisotopic (exact) mass is 276 g/mol. The largest absolute Gasteiger partial charge is 0.314 e. The Hall–Kier alpha value is -0.930. The normalized spacial score (nSPS) is 22.1. The first-order chi connectivity index (χ1) is 9.83. The van der Waals surface area contributed by atoms with E-state index in [1.807, 2.05) is 6.07 Å². The topological polar surface area (TPSA) is 15.3 Å². The molecular formula is C17H25FN2. The number of benzene rings is 1. The van der Waals surface area contributed by atoms with Crippen LogP contribution in [0.2, 0.25) is 0 Å². The molecule has 1 saturated heterocycles. The highest BCUT2D eigenvalue weighted by atomic mass is 19.1. The molecular weight excluding hydrogens is 251 g/mol. The van der Waals surface area contributed by atoms with Gasteiger partial charge in [-0.15, -0.1) is 0 Å². The van der Waals surface area contributed by atoms with Crippen LogP contribution in [-0.4, -0.2) is 31.1 Å². The van der Waals surface area contributed by atoms with Gasteiger partial charge >= 0.3 is 0 Å². The SMILES string of the molecule is Fc1cc(CN2CCNCC2)ccc1C1CCCCC1. The van der Waals surface area contributed by atoms with Gasteiger partial charge in [-0.25, -0.2) is 4.39 Å². The highest BCUT2D eigenvalue weighted by Crippen LogP contribution is 2.34. The van der Waals surface area contributed by atoms with E-state index in [-0.39, 0.29) is 5.82 Å². The van der Waals surface area contributed by atoms with Crippen molar-refractivity contribution in [2.45, 2.75) is 44.6 Å². The third-order valence-corrected chi connectivity index (χ3v) is 4.73. The molecule has 1 aromatic rings. The van der Waals surface area contributed by atoms with Crippen molar-refractivity contribution in [1.82, 2.24) is 10.2 Å².